The van der Waals surface area contributed by atoms with Crippen molar-refractivity contribution in [1.82, 2.24) is 0 Å². The lowest BCUT2D eigenvalue weighted by molar-refractivity contribution is -0.0828. The van der Waals surface area contributed by atoms with Gasteiger partial charge in [-0.25, -0.2) is 0 Å². The molecule has 0 heterocycles. The van der Waals surface area contributed by atoms with Crippen LogP contribution in [0.1, 0.15) is 43.7 Å². The van der Waals surface area contributed by atoms with Crippen LogP contribution in [-0.4, -0.2) is 28.6 Å². The molecule has 0 fully saturated rings. The number of ether oxygens (including phenoxy) is 2. The number of aryl methyl sites for hydroxylation is 1. The van der Waals surface area contributed by atoms with E-state index in [1.165, 1.54) is 40.8 Å². The normalized spacial score (nSPS) is 16.9. The summed E-state index contributed by atoms with van der Waals surface area (Å²) < 4.78 is 11.6. The smallest absolute Gasteiger partial charge is 0.137 e. The second-order valence-corrected chi connectivity index (χ2v) is 8.55. The Morgan fingerprint density at radius 3 is 2.52 bits per heavy atom. The molecule has 0 N–H and O–H groups in total. The number of hydrogen-bond donors (Lipinski definition) is 0. The lowest BCUT2D eigenvalue weighted by Crippen LogP contribution is -2.26. The van der Waals surface area contributed by atoms with E-state index >= 15 is 0 Å². The first-order valence-corrected chi connectivity index (χ1v) is 11.5. The summed E-state index contributed by atoms with van der Waals surface area (Å²) in [6, 6.07) is 19.2. The van der Waals surface area contributed by atoms with Crippen LogP contribution in [0.15, 0.2) is 48.5 Å². The van der Waals surface area contributed by atoms with Crippen molar-refractivity contribution in [3.05, 3.63) is 59.7 Å². The van der Waals surface area contributed by atoms with E-state index in [2.05, 4.69) is 48.5 Å². The highest BCUT2D eigenvalue weighted by molar-refractivity contribution is 6.36. The van der Waals surface area contributed by atoms with Gasteiger partial charge in [0, 0.05) is 13.2 Å². The van der Waals surface area contributed by atoms with Gasteiger partial charge < -0.3 is 9.47 Å². The van der Waals surface area contributed by atoms with Crippen LogP contribution in [0, 0.1) is 0 Å². The molecule has 27 heavy (non-hydrogen) atoms. The molecule has 1 aliphatic rings. The van der Waals surface area contributed by atoms with Gasteiger partial charge in [-0.2, -0.15) is 0 Å². The lowest BCUT2D eigenvalue weighted by Gasteiger charge is -2.28. The molecule has 2 radical (unpaired) electrons. The van der Waals surface area contributed by atoms with E-state index in [1.807, 2.05) is 13.8 Å². The summed E-state index contributed by atoms with van der Waals surface area (Å²) >= 11 is 0. The molecule has 1 aliphatic carbocycles. The summed E-state index contributed by atoms with van der Waals surface area (Å²) in [6.07, 6.45) is 3.77. The summed E-state index contributed by atoms with van der Waals surface area (Å²) in [5.41, 5.74) is 3.13. The summed E-state index contributed by atoms with van der Waals surface area (Å²) in [5.74, 6) is 0.571. The third-order valence-corrected chi connectivity index (χ3v) is 7.03. The molecule has 3 aromatic rings. The van der Waals surface area contributed by atoms with Crippen LogP contribution < -0.4 is 0 Å². The average Bonchev–Trinajstić information content (AvgIpc) is 2.71. The average molecular weight is 377 g/mol. The molecular weight excluding hydrogens is 348 g/mol. The highest BCUT2D eigenvalue weighted by Crippen LogP contribution is 2.40. The Kier molecular flexibility index (Phi) is 5.91. The van der Waals surface area contributed by atoms with Crippen molar-refractivity contribution < 1.29 is 9.47 Å². The van der Waals surface area contributed by atoms with Crippen LogP contribution in [0.4, 0.5) is 0 Å². The van der Waals surface area contributed by atoms with Gasteiger partial charge in [-0.05, 0) is 77.7 Å². The van der Waals surface area contributed by atoms with Crippen molar-refractivity contribution in [3.8, 4) is 0 Å². The van der Waals surface area contributed by atoms with Gasteiger partial charge in [-0.3, -0.25) is 0 Å². The molecule has 140 valence electrons. The zero-order valence-corrected chi connectivity index (χ0v) is 17.3. The first-order valence-electron chi connectivity index (χ1n) is 10.2. The minimum Gasteiger partial charge on any atom is -0.357 e. The minimum absolute atomic E-state index is 0.0406. The van der Waals surface area contributed by atoms with Gasteiger partial charge in [0.05, 0.1) is 0 Å². The van der Waals surface area contributed by atoms with Gasteiger partial charge in [-0.15, -0.1) is 0 Å². The minimum atomic E-state index is -0.0406. The van der Waals surface area contributed by atoms with E-state index < -0.39 is 0 Å². The largest absolute Gasteiger partial charge is 0.357 e. The van der Waals surface area contributed by atoms with E-state index in [9.17, 15) is 0 Å². The zero-order valence-electron chi connectivity index (χ0n) is 16.3. The van der Waals surface area contributed by atoms with Crippen molar-refractivity contribution in [1.29, 1.82) is 0 Å². The van der Waals surface area contributed by atoms with Gasteiger partial charge >= 0.3 is 0 Å². The van der Waals surface area contributed by atoms with Crippen molar-refractivity contribution in [2.45, 2.75) is 51.0 Å². The maximum absolute atomic E-state index is 5.80. The first-order chi connectivity index (χ1) is 13.3. The fourth-order valence-electron chi connectivity index (χ4n) is 4.45. The topological polar surface area (TPSA) is 18.5 Å². The molecule has 0 aromatic heterocycles. The van der Waals surface area contributed by atoms with Gasteiger partial charge in [-0.1, -0.05) is 48.5 Å². The molecule has 0 bridgehead atoms. The molecule has 4 rings (SSSR count). The second-order valence-electron chi connectivity index (χ2n) is 7.26. The fourth-order valence-corrected chi connectivity index (χ4v) is 5.91. The van der Waals surface area contributed by atoms with Gasteiger partial charge in [0.25, 0.3) is 0 Å². The zero-order chi connectivity index (χ0) is 18.6. The molecule has 0 aliphatic heterocycles. The molecule has 3 aromatic carbocycles. The van der Waals surface area contributed by atoms with Crippen molar-refractivity contribution in [3.63, 3.8) is 0 Å². The van der Waals surface area contributed by atoms with Gasteiger partial charge in [0.15, 0.2) is 0 Å². The predicted octanol–water partition coefficient (Wildman–Crippen LogP) is 5.89. The molecule has 1 unspecified atom stereocenters. The second kappa shape index (κ2) is 8.55. The Morgan fingerprint density at radius 1 is 0.926 bits per heavy atom. The first kappa shape index (κ1) is 18.7. The Morgan fingerprint density at radius 2 is 1.70 bits per heavy atom. The van der Waals surface area contributed by atoms with Gasteiger partial charge in [0.2, 0.25) is 0 Å². The van der Waals surface area contributed by atoms with Crippen LogP contribution in [0.25, 0.3) is 21.5 Å². The van der Waals surface area contributed by atoms with Crippen LogP contribution in [0.2, 0.25) is 6.04 Å². The molecule has 0 amide bonds. The highest BCUT2D eigenvalue weighted by atomic mass is 28.2. The molecule has 3 heteroatoms. The number of rotatable bonds is 7. The Labute approximate surface area is 164 Å². The van der Waals surface area contributed by atoms with Gasteiger partial charge in [0.1, 0.15) is 15.4 Å². The molecule has 0 spiro atoms. The molecular formula is C24H28O2Si. The molecule has 0 saturated heterocycles. The van der Waals surface area contributed by atoms with E-state index in [1.54, 1.807) is 11.1 Å². The Hall–Kier alpha value is -1.68. The van der Waals surface area contributed by atoms with Crippen molar-refractivity contribution >= 4 is 31.1 Å². The van der Waals surface area contributed by atoms with Crippen LogP contribution >= 0.6 is 0 Å². The van der Waals surface area contributed by atoms with E-state index in [4.69, 9.17) is 9.47 Å². The van der Waals surface area contributed by atoms with E-state index in [0.717, 1.165) is 6.04 Å². The fraction of sp³-hybridized carbons (Fsp3) is 0.417. The number of benzene rings is 3. The van der Waals surface area contributed by atoms with Crippen LogP contribution in [0.3, 0.4) is 0 Å². The summed E-state index contributed by atoms with van der Waals surface area (Å²) in [7, 11) is 0.688. The third kappa shape index (κ3) is 3.82. The summed E-state index contributed by atoms with van der Waals surface area (Å²) in [6.45, 7) is 5.53. The number of hydrogen-bond acceptors (Lipinski definition) is 2. The standard InChI is InChI=1S/C24H28O2Si/c1-3-25-24(26-4-2)27-16-19-10-7-9-18-13-14-21-20-11-6-5-8-17(20)12-15-22(21)23(18)19/h5-6,8,11-15,19,24H,3-4,7,9-10,16H2,1-2H3. The highest BCUT2D eigenvalue weighted by Gasteiger charge is 2.24. The van der Waals surface area contributed by atoms with E-state index in [-0.39, 0.29) is 5.91 Å². The van der Waals surface area contributed by atoms with Crippen LogP contribution in [0.5, 0.6) is 0 Å². The van der Waals surface area contributed by atoms with Crippen molar-refractivity contribution in [2.75, 3.05) is 13.2 Å². The van der Waals surface area contributed by atoms with E-state index in [0.29, 0.717) is 28.7 Å². The molecule has 1 atom stereocenters. The lowest BCUT2D eigenvalue weighted by atomic mass is 9.80. The quantitative estimate of drug-likeness (QED) is 0.291. The third-order valence-electron chi connectivity index (χ3n) is 5.63. The van der Waals surface area contributed by atoms with Crippen molar-refractivity contribution in [2.24, 2.45) is 0 Å². The summed E-state index contributed by atoms with van der Waals surface area (Å²) in [4.78, 5) is 0. The maximum atomic E-state index is 5.80. The Bertz CT molecular complexity index is 915. The molecule has 2 nitrogen and oxygen atoms in total. The summed E-state index contributed by atoms with van der Waals surface area (Å²) in [5, 5.41) is 5.54. The Balaban J connectivity index is 1.70. The maximum Gasteiger partial charge on any atom is 0.137 e. The monoisotopic (exact) mass is 376 g/mol. The number of fused-ring (bicyclic) bond motifs is 5. The van der Waals surface area contributed by atoms with Crippen LogP contribution in [-0.2, 0) is 15.9 Å². The predicted molar refractivity (Wildman–Crippen MR) is 115 cm³/mol. The SMILES string of the molecule is CCOC(OCC)[Si]CC1CCCc2ccc3c(ccc4ccccc43)c21. The molecule has 0 saturated carbocycles.